The number of aliphatic imine (C=N–C) groups is 1. The highest BCUT2D eigenvalue weighted by atomic mass is 16.5. The first-order valence-electron chi connectivity index (χ1n) is 12.0. The van der Waals surface area contributed by atoms with Crippen LogP contribution in [0.15, 0.2) is 59.6 Å². The molecule has 2 aliphatic heterocycles. The molecule has 0 saturated carbocycles. The number of para-hydroxylation sites is 1. The molecule has 6 heteroatoms. The summed E-state index contributed by atoms with van der Waals surface area (Å²) in [5.74, 6) is 1.54. The lowest BCUT2D eigenvalue weighted by atomic mass is 10.1. The van der Waals surface area contributed by atoms with Crippen LogP contribution in [0.3, 0.4) is 0 Å². The highest BCUT2D eigenvalue weighted by molar-refractivity contribution is 5.79. The summed E-state index contributed by atoms with van der Waals surface area (Å²) in [7, 11) is 0. The van der Waals surface area contributed by atoms with Crippen molar-refractivity contribution >= 4 is 11.6 Å². The van der Waals surface area contributed by atoms with Gasteiger partial charge in [0.05, 0.1) is 19.8 Å². The van der Waals surface area contributed by atoms with Crippen molar-refractivity contribution in [3.05, 3.63) is 65.7 Å². The Morgan fingerprint density at radius 3 is 2.50 bits per heavy atom. The van der Waals surface area contributed by atoms with Crippen LogP contribution < -0.4 is 15.5 Å². The average molecular weight is 436 g/mol. The van der Waals surface area contributed by atoms with Crippen LogP contribution in [0.4, 0.5) is 5.69 Å². The van der Waals surface area contributed by atoms with E-state index in [1.54, 1.807) is 0 Å². The molecule has 0 aromatic heterocycles. The van der Waals surface area contributed by atoms with Crippen LogP contribution in [0.5, 0.6) is 0 Å². The standard InChI is InChI=1S/C26H37N5O/c1-2-27-26(28-18-22-12-13-31(20-22)25-10-4-3-5-11-25)29-19-23-8-6-7-9-24(23)21-30-14-16-32-17-15-30/h3-11,22H,2,12-21H2,1H3,(H2,27,28,29). The Labute approximate surface area is 192 Å². The lowest BCUT2D eigenvalue weighted by molar-refractivity contribution is 0.0341. The first kappa shape index (κ1) is 22.6. The average Bonchev–Trinajstić information content (AvgIpc) is 3.32. The van der Waals surface area contributed by atoms with Crippen LogP contribution in [-0.2, 0) is 17.8 Å². The fraction of sp³-hybridized carbons (Fsp3) is 0.500. The third-order valence-corrected chi connectivity index (χ3v) is 6.33. The van der Waals surface area contributed by atoms with Crippen molar-refractivity contribution in [1.82, 2.24) is 15.5 Å². The molecule has 2 aliphatic rings. The van der Waals surface area contributed by atoms with Gasteiger partial charge in [-0.2, -0.15) is 0 Å². The van der Waals surface area contributed by atoms with E-state index in [9.17, 15) is 0 Å². The number of anilines is 1. The van der Waals surface area contributed by atoms with Gasteiger partial charge in [0.15, 0.2) is 5.96 Å². The zero-order chi connectivity index (χ0) is 22.0. The van der Waals surface area contributed by atoms with Crippen molar-refractivity contribution in [2.75, 3.05) is 57.4 Å². The van der Waals surface area contributed by atoms with E-state index in [0.29, 0.717) is 12.5 Å². The van der Waals surface area contributed by atoms with Crippen molar-refractivity contribution in [2.45, 2.75) is 26.4 Å². The lowest BCUT2D eigenvalue weighted by Gasteiger charge is -2.27. The highest BCUT2D eigenvalue weighted by Crippen LogP contribution is 2.23. The van der Waals surface area contributed by atoms with Gasteiger partial charge in [0, 0.05) is 51.5 Å². The number of benzene rings is 2. The van der Waals surface area contributed by atoms with E-state index in [0.717, 1.165) is 65.0 Å². The Morgan fingerprint density at radius 2 is 1.72 bits per heavy atom. The third kappa shape index (κ3) is 6.47. The van der Waals surface area contributed by atoms with Crippen molar-refractivity contribution in [1.29, 1.82) is 0 Å². The molecule has 2 fully saturated rings. The Bertz CT molecular complexity index is 850. The largest absolute Gasteiger partial charge is 0.379 e. The molecular formula is C26H37N5O. The van der Waals surface area contributed by atoms with Crippen LogP contribution in [0, 0.1) is 5.92 Å². The number of nitrogens with one attached hydrogen (secondary N) is 2. The maximum Gasteiger partial charge on any atom is 0.191 e. The zero-order valence-corrected chi connectivity index (χ0v) is 19.3. The normalized spacial score (nSPS) is 19.8. The maximum absolute atomic E-state index is 5.49. The Balaban J connectivity index is 1.32. The van der Waals surface area contributed by atoms with E-state index in [1.165, 1.54) is 23.2 Å². The van der Waals surface area contributed by atoms with E-state index in [1.807, 2.05) is 0 Å². The van der Waals surface area contributed by atoms with Gasteiger partial charge in [-0.25, -0.2) is 4.99 Å². The van der Waals surface area contributed by atoms with E-state index >= 15 is 0 Å². The molecule has 2 N–H and O–H groups in total. The van der Waals surface area contributed by atoms with Crippen molar-refractivity contribution in [2.24, 2.45) is 10.9 Å². The molecule has 2 aromatic rings. The molecular weight excluding hydrogens is 398 g/mol. The van der Waals surface area contributed by atoms with Gasteiger partial charge in [-0.1, -0.05) is 42.5 Å². The minimum absolute atomic E-state index is 0.632. The molecule has 0 radical (unpaired) electrons. The fourth-order valence-corrected chi connectivity index (χ4v) is 4.49. The van der Waals surface area contributed by atoms with E-state index < -0.39 is 0 Å². The summed E-state index contributed by atoms with van der Waals surface area (Å²) >= 11 is 0. The van der Waals surface area contributed by atoms with Gasteiger partial charge in [0.2, 0.25) is 0 Å². The Morgan fingerprint density at radius 1 is 0.969 bits per heavy atom. The van der Waals surface area contributed by atoms with Gasteiger partial charge in [0.25, 0.3) is 0 Å². The Hall–Kier alpha value is -2.57. The topological polar surface area (TPSA) is 52.1 Å². The fourth-order valence-electron chi connectivity index (χ4n) is 4.49. The number of hydrogen-bond donors (Lipinski definition) is 2. The van der Waals surface area contributed by atoms with Gasteiger partial charge in [-0.15, -0.1) is 0 Å². The molecule has 1 atom stereocenters. The molecule has 6 nitrogen and oxygen atoms in total. The lowest BCUT2D eigenvalue weighted by Crippen LogP contribution is -2.40. The van der Waals surface area contributed by atoms with Gasteiger partial charge in [-0.3, -0.25) is 4.90 Å². The quantitative estimate of drug-likeness (QED) is 0.493. The molecule has 0 bridgehead atoms. The monoisotopic (exact) mass is 435 g/mol. The van der Waals surface area contributed by atoms with E-state index in [2.05, 4.69) is 82.0 Å². The smallest absolute Gasteiger partial charge is 0.191 e. The summed E-state index contributed by atoms with van der Waals surface area (Å²) in [5, 5.41) is 7.01. The van der Waals surface area contributed by atoms with Crippen LogP contribution in [0.1, 0.15) is 24.5 Å². The van der Waals surface area contributed by atoms with Crippen molar-refractivity contribution in [3.63, 3.8) is 0 Å². The second kappa shape index (κ2) is 11.9. The van der Waals surface area contributed by atoms with Crippen LogP contribution in [0.2, 0.25) is 0 Å². The first-order chi connectivity index (χ1) is 15.8. The van der Waals surface area contributed by atoms with Crippen LogP contribution in [-0.4, -0.2) is 63.3 Å². The molecule has 2 aromatic carbocycles. The molecule has 2 heterocycles. The summed E-state index contributed by atoms with van der Waals surface area (Å²) < 4.78 is 5.49. The van der Waals surface area contributed by atoms with Crippen molar-refractivity contribution in [3.8, 4) is 0 Å². The van der Waals surface area contributed by atoms with Gasteiger partial charge < -0.3 is 20.3 Å². The number of rotatable bonds is 8. The number of hydrogen-bond acceptors (Lipinski definition) is 4. The van der Waals surface area contributed by atoms with Gasteiger partial charge in [-0.05, 0) is 42.5 Å². The zero-order valence-electron chi connectivity index (χ0n) is 19.3. The Kier molecular flexibility index (Phi) is 8.40. The predicted molar refractivity (Wildman–Crippen MR) is 132 cm³/mol. The first-order valence-corrected chi connectivity index (χ1v) is 12.0. The maximum atomic E-state index is 5.49. The van der Waals surface area contributed by atoms with Gasteiger partial charge in [0.1, 0.15) is 0 Å². The predicted octanol–water partition coefficient (Wildman–Crippen LogP) is 3.10. The number of guanidine groups is 1. The minimum atomic E-state index is 0.632. The molecule has 4 rings (SSSR count). The third-order valence-electron chi connectivity index (χ3n) is 6.33. The molecule has 2 saturated heterocycles. The van der Waals surface area contributed by atoms with E-state index in [-0.39, 0.29) is 0 Å². The van der Waals surface area contributed by atoms with E-state index in [4.69, 9.17) is 9.73 Å². The van der Waals surface area contributed by atoms with Crippen LogP contribution in [0.25, 0.3) is 0 Å². The summed E-state index contributed by atoms with van der Waals surface area (Å²) in [4.78, 5) is 9.86. The molecule has 0 amide bonds. The number of nitrogens with zero attached hydrogens (tertiary/aromatic N) is 3. The number of morpholine rings is 1. The second-order valence-electron chi connectivity index (χ2n) is 8.67. The molecule has 1 unspecified atom stereocenters. The van der Waals surface area contributed by atoms with Gasteiger partial charge >= 0.3 is 0 Å². The molecule has 172 valence electrons. The summed E-state index contributed by atoms with van der Waals surface area (Å²) in [6.07, 6.45) is 1.21. The van der Waals surface area contributed by atoms with Crippen LogP contribution >= 0.6 is 0 Å². The van der Waals surface area contributed by atoms with Crippen molar-refractivity contribution < 1.29 is 4.74 Å². The molecule has 0 aliphatic carbocycles. The number of ether oxygens (including phenoxy) is 1. The summed E-state index contributed by atoms with van der Waals surface area (Å²) in [5.41, 5.74) is 3.99. The second-order valence-corrected chi connectivity index (χ2v) is 8.67. The molecule has 0 spiro atoms. The minimum Gasteiger partial charge on any atom is -0.379 e. The SMILES string of the molecule is CCNC(=NCc1ccccc1CN1CCOCC1)NCC1CCN(c2ccccc2)C1. The molecule has 32 heavy (non-hydrogen) atoms. The summed E-state index contributed by atoms with van der Waals surface area (Å²) in [6.45, 7) is 11.5. The highest BCUT2D eigenvalue weighted by Gasteiger charge is 2.22. The summed E-state index contributed by atoms with van der Waals surface area (Å²) in [6, 6.07) is 19.4.